The van der Waals surface area contributed by atoms with E-state index in [-0.39, 0.29) is 29.7 Å². The summed E-state index contributed by atoms with van der Waals surface area (Å²) in [5.74, 6) is -0.102. The van der Waals surface area contributed by atoms with Crippen LogP contribution >= 0.6 is 0 Å². The molecule has 0 saturated heterocycles. The molecule has 0 aliphatic heterocycles. The minimum Gasteiger partial charge on any atom is -0.349 e. The number of nitrogens with two attached hydrogens (primary N) is 1. The van der Waals surface area contributed by atoms with Crippen LogP contribution in [-0.4, -0.2) is 11.9 Å². The molecule has 0 bridgehead atoms. The van der Waals surface area contributed by atoms with E-state index in [0.717, 1.165) is 31.2 Å². The first-order valence-electron chi connectivity index (χ1n) is 6.87. The van der Waals surface area contributed by atoms with Gasteiger partial charge in [0.15, 0.2) is 0 Å². The van der Waals surface area contributed by atoms with Gasteiger partial charge in [-0.15, -0.1) is 0 Å². The smallest absolute Gasteiger partial charge is 0.223 e. The van der Waals surface area contributed by atoms with E-state index >= 15 is 0 Å². The third-order valence-corrected chi connectivity index (χ3v) is 3.87. The van der Waals surface area contributed by atoms with E-state index in [1.54, 1.807) is 12.1 Å². The highest BCUT2D eigenvalue weighted by Gasteiger charge is 2.25. The maximum atomic E-state index is 12.8. The lowest BCUT2D eigenvalue weighted by Crippen LogP contribution is -2.37. The molecule has 104 valence electrons. The van der Waals surface area contributed by atoms with Gasteiger partial charge in [-0.05, 0) is 50.3 Å². The molecule has 1 fully saturated rings. The average Bonchev–Trinajstić information content (AvgIpc) is 2.40. The molecule has 2 rings (SSSR count). The zero-order valence-corrected chi connectivity index (χ0v) is 11.2. The fraction of sp³-hybridized carbons (Fsp3) is 0.533. The highest BCUT2D eigenvalue weighted by Crippen LogP contribution is 2.24. The minimum absolute atomic E-state index is 0.0719. The quantitative estimate of drug-likeness (QED) is 0.881. The molecule has 1 aromatic carbocycles. The molecule has 1 saturated carbocycles. The Kier molecular flexibility index (Phi) is 4.53. The Morgan fingerprint density at radius 2 is 1.84 bits per heavy atom. The molecule has 1 aromatic rings. The van der Waals surface area contributed by atoms with E-state index in [1.165, 1.54) is 12.1 Å². The third kappa shape index (κ3) is 3.77. The molecule has 0 spiro atoms. The van der Waals surface area contributed by atoms with Crippen molar-refractivity contribution in [3.8, 4) is 0 Å². The lowest BCUT2D eigenvalue weighted by atomic mass is 9.85. The highest BCUT2D eigenvalue weighted by molar-refractivity contribution is 5.79. The van der Waals surface area contributed by atoms with Gasteiger partial charge in [0.05, 0.1) is 6.04 Å². The van der Waals surface area contributed by atoms with Gasteiger partial charge in [-0.2, -0.15) is 0 Å². The van der Waals surface area contributed by atoms with Gasteiger partial charge in [-0.3, -0.25) is 4.79 Å². The summed E-state index contributed by atoms with van der Waals surface area (Å²) >= 11 is 0. The first-order chi connectivity index (χ1) is 9.06. The molecule has 1 atom stereocenters. The van der Waals surface area contributed by atoms with Gasteiger partial charge in [-0.1, -0.05) is 12.1 Å². The summed E-state index contributed by atoms with van der Waals surface area (Å²) < 4.78 is 12.8. The van der Waals surface area contributed by atoms with Gasteiger partial charge in [-0.25, -0.2) is 4.39 Å². The summed E-state index contributed by atoms with van der Waals surface area (Å²) in [6.07, 6.45) is 3.57. The maximum Gasteiger partial charge on any atom is 0.223 e. The van der Waals surface area contributed by atoms with Crippen LogP contribution in [0.2, 0.25) is 0 Å². The monoisotopic (exact) mass is 264 g/mol. The number of amides is 1. The van der Waals surface area contributed by atoms with E-state index in [4.69, 9.17) is 5.73 Å². The standard InChI is InChI=1S/C15H21FN2O/c1-10(11-2-6-13(16)7-3-11)18-15(19)12-4-8-14(17)9-5-12/h2-3,6-7,10,12,14H,4-5,8-9,17H2,1H3,(H,18,19)/t10-,12-,14-/m1/s1. The van der Waals surface area contributed by atoms with E-state index in [1.807, 2.05) is 6.92 Å². The maximum absolute atomic E-state index is 12.8. The molecular formula is C15H21FN2O. The number of rotatable bonds is 3. The topological polar surface area (TPSA) is 55.1 Å². The summed E-state index contributed by atoms with van der Waals surface area (Å²) in [5.41, 5.74) is 6.76. The van der Waals surface area contributed by atoms with Crippen LogP contribution in [0.25, 0.3) is 0 Å². The lowest BCUT2D eigenvalue weighted by molar-refractivity contribution is -0.126. The van der Waals surface area contributed by atoms with Gasteiger partial charge in [0.25, 0.3) is 0 Å². The van der Waals surface area contributed by atoms with Crippen LogP contribution in [-0.2, 0) is 4.79 Å². The van der Waals surface area contributed by atoms with E-state index in [9.17, 15) is 9.18 Å². The fourth-order valence-electron chi connectivity index (χ4n) is 2.55. The number of benzene rings is 1. The normalized spacial score (nSPS) is 24.8. The Hall–Kier alpha value is -1.42. The Labute approximate surface area is 113 Å². The second kappa shape index (κ2) is 6.15. The summed E-state index contributed by atoms with van der Waals surface area (Å²) in [4.78, 5) is 12.1. The van der Waals surface area contributed by atoms with Gasteiger partial charge in [0.1, 0.15) is 5.82 Å². The average molecular weight is 264 g/mol. The number of carbonyl (C=O) groups excluding carboxylic acids is 1. The van der Waals surface area contributed by atoms with Crippen LogP contribution in [0.1, 0.15) is 44.2 Å². The van der Waals surface area contributed by atoms with Crippen molar-refractivity contribution in [2.24, 2.45) is 11.7 Å². The van der Waals surface area contributed by atoms with E-state index in [0.29, 0.717) is 0 Å². The Morgan fingerprint density at radius 1 is 1.26 bits per heavy atom. The molecule has 0 heterocycles. The second-order valence-electron chi connectivity index (χ2n) is 5.39. The Bertz CT molecular complexity index is 424. The van der Waals surface area contributed by atoms with E-state index in [2.05, 4.69) is 5.32 Å². The third-order valence-electron chi connectivity index (χ3n) is 3.87. The predicted molar refractivity (Wildman–Crippen MR) is 72.9 cm³/mol. The molecule has 3 nitrogen and oxygen atoms in total. The largest absolute Gasteiger partial charge is 0.349 e. The predicted octanol–water partition coefficient (Wildman–Crippen LogP) is 2.52. The summed E-state index contributed by atoms with van der Waals surface area (Å²) in [7, 11) is 0. The van der Waals surface area contributed by atoms with Crippen molar-refractivity contribution in [1.82, 2.24) is 5.32 Å². The van der Waals surface area contributed by atoms with Crippen LogP contribution in [0, 0.1) is 11.7 Å². The summed E-state index contributed by atoms with van der Waals surface area (Å²) in [5, 5.41) is 3.00. The highest BCUT2D eigenvalue weighted by atomic mass is 19.1. The lowest BCUT2D eigenvalue weighted by Gasteiger charge is -2.26. The molecular weight excluding hydrogens is 243 g/mol. The minimum atomic E-state index is -0.261. The SMILES string of the molecule is C[C@@H](NC(=O)[C@H]1CC[C@H](N)CC1)c1ccc(F)cc1. The molecule has 0 radical (unpaired) electrons. The molecule has 1 aliphatic rings. The number of nitrogens with one attached hydrogen (secondary N) is 1. The zero-order chi connectivity index (χ0) is 13.8. The van der Waals surface area contributed by atoms with Crippen molar-refractivity contribution in [3.05, 3.63) is 35.6 Å². The van der Waals surface area contributed by atoms with Crippen molar-refractivity contribution in [1.29, 1.82) is 0 Å². The van der Waals surface area contributed by atoms with Crippen molar-refractivity contribution < 1.29 is 9.18 Å². The van der Waals surface area contributed by atoms with Crippen LogP contribution in [0.3, 0.4) is 0 Å². The van der Waals surface area contributed by atoms with Gasteiger partial charge >= 0.3 is 0 Å². The second-order valence-corrected chi connectivity index (χ2v) is 5.39. The Balaban J connectivity index is 1.89. The van der Waals surface area contributed by atoms with Crippen LogP contribution < -0.4 is 11.1 Å². The van der Waals surface area contributed by atoms with Crippen LogP contribution in [0.4, 0.5) is 4.39 Å². The van der Waals surface area contributed by atoms with Crippen LogP contribution in [0.5, 0.6) is 0 Å². The molecule has 0 aromatic heterocycles. The number of hydrogen-bond donors (Lipinski definition) is 2. The fourth-order valence-corrected chi connectivity index (χ4v) is 2.55. The summed E-state index contributed by atoms with van der Waals surface area (Å²) in [6, 6.07) is 6.39. The molecule has 4 heteroatoms. The molecule has 19 heavy (non-hydrogen) atoms. The van der Waals surface area contributed by atoms with Gasteiger partial charge < -0.3 is 11.1 Å². The first-order valence-corrected chi connectivity index (χ1v) is 6.87. The zero-order valence-electron chi connectivity index (χ0n) is 11.2. The molecule has 1 amide bonds. The van der Waals surface area contributed by atoms with Crippen molar-refractivity contribution in [3.63, 3.8) is 0 Å². The number of hydrogen-bond acceptors (Lipinski definition) is 2. The van der Waals surface area contributed by atoms with Crippen LogP contribution in [0.15, 0.2) is 24.3 Å². The molecule has 1 aliphatic carbocycles. The van der Waals surface area contributed by atoms with Gasteiger partial charge in [0.2, 0.25) is 5.91 Å². The summed E-state index contributed by atoms with van der Waals surface area (Å²) in [6.45, 7) is 1.92. The molecule has 0 unspecified atom stereocenters. The Morgan fingerprint density at radius 3 is 2.42 bits per heavy atom. The van der Waals surface area contributed by atoms with Crippen molar-refractivity contribution in [2.75, 3.05) is 0 Å². The van der Waals surface area contributed by atoms with Crippen molar-refractivity contribution >= 4 is 5.91 Å². The molecule has 3 N–H and O–H groups in total. The van der Waals surface area contributed by atoms with Crippen molar-refractivity contribution in [2.45, 2.75) is 44.7 Å². The van der Waals surface area contributed by atoms with E-state index < -0.39 is 0 Å². The first kappa shape index (κ1) is 14.0. The van der Waals surface area contributed by atoms with Gasteiger partial charge in [0, 0.05) is 12.0 Å². The number of halogens is 1. The number of carbonyl (C=O) groups is 1.